The van der Waals surface area contributed by atoms with E-state index >= 15 is 0 Å². The Labute approximate surface area is 156 Å². The smallest absolute Gasteiger partial charge is 0.358 e. The zero-order valence-corrected chi connectivity index (χ0v) is 16.4. The number of carbonyl (C=O) groups is 2. The molecule has 0 unspecified atom stereocenters. The topological polar surface area (TPSA) is 77.7 Å². The molecule has 0 N–H and O–H groups in total. The fourth-order valence-corrected chi connectivity index (χ4v) is 0.660. The molecule has 0 atom stereocenters. The Morgan fingerprint density at radius 3 is 1.60 bits per heavy atom. The van der Waals surface area contributed by atoms with Crippen LogP contribution >= 0.6 is 0 Å². The largest absolute Gasteiger partial charge is 4.00 e. The van der Waals surface area contributed by atoms with Gasteiger partial charge < -0.3 is 29.2 Å². The molecule has 0 bridgehead atoms. The van der Waals surface area contributed by atoms with Gasteiger partial charge in [0.1, 0.15) is 5.41 Å². The predicted molar refractivity (Wildman–Crippen MR) is 70.3 cm³/mol. The minimum absolute atomic E-state index is 0. The minimum Gasteiger partial charge on any atom is -0.358 e. The number of carbonyl (C=O) groups excluding carboxylic acids is 2. The summed E-state index contributed by atoms with van der Waals surface area (Å²) in [4.78, 5) is 40.6. The molecule has 0 saturated carbocycles. The number of hydrogen-bond acceptors (Lipinski definition) is 6. The standard InChI is InChI=1S/C10H15O6.3CH3.Ce/c1-9(2,3)6(11)13-14-7(12)10(4,5)8-15-16-8;;;;/h8H,1H2,2-5H3;3*1H3;/q4*-1;+4. The van der Waals surface area contributed by atoms with Crippen molar-refractivity contribution >= 4 is 11.9 Å². The molecule has 7 heteroatoms. The molecule has 0 aliphatic carbocycles. The van der Waals surface area contributed by atoms with Crippen molar-refractivity contribution in [2.45, 2.75) is 34.0 Å². The summed E-state index contributed by atoms with van der Waals surface area (Å²) >= 11 is 0. The fourth-order valence-electron chi connectivity index (χ4n) is 0.660. The van der Waals surface area contributed by atoms with E-state index in [4.69, 9.17) is 0 Å². The van der Waals surface area contributed by atoms with Gasteiger partial charge in [0, 0.05) is 0 Å². The third-order valence-corrected chi connectivity index (χ3v) is 2.05. The van der Waals surface area contributed by atoms with Crippen molar-refractivity contribution < 1.29 is 70.9 Å². The average Bonchev–Trinajstić information content (AvgIpc) is 2.94. The summed E-state index contributed by atoms with van der Waals surface area (Å²) in [5.41, 5.74) is -2.00. The Bertz CT molecular complexity index is 304. The van der Waals surface area contributed by atoms with Gasteiger partial charge in [-0.15, -0.1) is 0 Å². The second-order valence-electron chi connectivity index (χ2n) is 4.87. The fraction of sp³-hybridized carbons (Fsp3) is 0.538. The molecule has 0 amide bonds. The van der Waals surface area contributed by atoms with E-state index < -0.39 is 29.1 Å². The molecule has 0 aromatic carbocycles. The van der Waals surface area contributed by atoms with Crippen LogP contribution in [-0.2, 0) is 29.1 Å². The zero-order chi connectivity index (χ0) is 12.6. The van der Waals surface area contributed by atoms with E-state index in [9.17, 15) is 9.59 Å². The molecule has 1 aliphatic heterocycles. The first-order valence-electron chi connectivity index (χ1n) is 4.76. The maximum atomic E-state index is 11.5. The molecule has 1 aliphatic rings. The van der Waals surface area contributed by atoms with Gasteiger partial charge in [0.2, 0.25) is 6.29 Å². The quantitative estimate of drug-likeness (QED) is 0.305. The molecule has 0 radical (unpaired) electrons. The maximum Gasteiger partial charge on any atom is 4.00 e. The van der Waals surface area contributed by atoms with Crippen molar-refractivity contribution in [3.8, 4) is 0 Å². The molecule has 1 heterocycles. The monoisotopic (exact) mass is 416 g/mol. The summed E-state index contributed by atoms with van der Waals surface area (Å²) in [5, 5.41) is 0. The molecule has 0 aromatic rings. The van der Waals surface area contributed by atoms with Gasteiger partial charge in [-0.1, -0.05) is 19.3 Å². The van der Waals surface area contributed by atoms with Crippen LogP contribution in [-0.4, -0.2) is 18.2 Å². The van der Waals surface area contributed by atoms with Crippen LogP contribution in [0.3, 0.4) is 0 Å². The summed E-state index contributed by atoms with van der Waals surface area (Å²) in [6, 6.07) is 0. The molecule has 1 fully saturated rings. The van der Waals surface area contributed by atoms with Gasteiger partial charge in [-0.25, -0.2) is 19.4 Å². The van der Waals surface area contributed by atoms with Crippen LogP contribution in [0.1, 0.15) is 27.7 Å². The molecule has 0 spiro atoms. The van der Waals surface area contributed by atoms with Gasteiger partial charge >= 0.3 is 53.7 Å². The average molecular weight is 416 g/mol. The van der Waals surface area contributed by atoms with Crippen LogP contribution in [0.25, 0.3) is 0 Å². The molecule has 0 aromatic heterocycles. The normalized spacial score (nSPS) is 13.4. The Balaban J connectivity index is -0.000000320. The van der Waals surface area contributed by atoms with Crippen LogP contribution in [0.4, 0.5) is 0 Å². The summed E-state index contributed by atoms with van der Waals surface area (Å²) in [7, 11) is 0. The summed E-state index contributed by atoms with van der Waals surface area (Å²) in [6.45, 7) is 9.73. The van der Waals surface area contributed by atoms with Crippen molar-refractivity contribution in [1.82, 2.24) is 0 Å². The van der Waals surface area contributed by atoms with E-state index in [1.807, 2.05) is 0 Å². The van der Waals surface area contributed by atoms with Crippen LogP contribution in [0.15, 0.2) is 0 Å². The Morgan fingerprint density at radius 1 is 0.950 bits per heavy atom. The first kappa shape index (κ1) is 28.4. The summed E-state index contributed by atoms with van der Waals surface area (Å²) in [5.74, 6) is -1.47. The summed E-state index contributed by atoms with van der Waals surface area (Å²) in [6.07, 6.45) is -0.661. The minimum atomic E-state index is -1.02. The van der Waals surface area contributed by atoms with Crippen molar-refractivity contribution in [3.05, 3.63) is 29.2 Å². The van der Waals surface area contributed by atoms with Crippen LogP contribution in [0, 0.1) is 81.8 Å². The van der Waals surface area contributed by atoms with Gasteiger partial charge in [0.25, 0.3) is 0 Å². The van der Waals surface area contributed by atoms with Crippen molar-refractivity contribution in [1.29, 1.82) is 0 Å². The second kappa shape index (κ2) is 10.0. The van der Waals surface area contributed by atoms with Crippen LogP contribution in [0.5, 0.6) is 0 Å². The summed E-state index contributed by atoms with van der Waals surface area (Å²) < 4.78 is 0. The van der Waals surface area contributed by atoms with E-state index in [2.05, 4.69) is 26.5 Å². The van der Waals surface area contributed by atoms with Crippen LogP contribution in [0.2, 0.25) is 0 Å². The third-order valence-electron chi connectivity index (χ3n) is 2.05. The van der Waals surface area contributed by atoms with Gasteiger partial charge in [-0.3, -0.25) is 0 Å². The molecule has 116 valence electrons. The van der Waals surface area contributed by atoms with E-state index in [1.165, 1.54) is 0 Å². The predicted octanol–water partition coefficient (Wildman–Crippen LogP) is 2.51. The van der Waals surface area contributed by atoms with Gasteiger partial charge in [-0.2, -0.15) is 9.78 Å². The number of rotatable bonds is 3. The maximum absolute atomic E-state index is 11.5. The van der Waals surface area contributed by atoms with Crippen molar-refractivity contribution in [2.24, 2.45) is 10.8 Å². The second-order valence-corrected chi connectivity index (χ2v) is 4.87. The van der Waals surface area contributed by atoms with Gasteiger partial charge in [-0.05, 0) is 13.8 Å². The van der Waals surface area contributed by atoms with Gasteiger partial charge in [0.15, 0.2) is 0 Å². The van der Waals surface area contributed by atoms with E-state index in [0.29, 0.717) is 0 Å². The van der Waals surface area contributed by atoms with Crippen molar-refractivity contribution in [3.63, 3.8) is 0 Å². The van der Waals surface area contributed by atoms with E-state index in [1.54, 1.807) is 27.7 Å². The van der Waals surface area contributed by atoms with Crippen LogP contribution < -0.4 is 0 Å². The Kier molecular flexibility index (Phi) is 14.3. The van der Waals surface area contributed by atoms with Gasteiger partial charge in [0.05, 0.1) is 0 Å². The SMILES string of the molecule is [CH2-]C(C)(C)C(=O)OOC(=O)C(C)(C)C1OO1.[CH3-].[CH3-].[CH3-].[Ce+4]. The molecule has 20 heavy (non-hydrogen) atoms. The Morgan fingerprint density at radius 2 is 1.30 bits per heavy atom. The first-order chi connectivity index (χ1) is 7.15. The molecular formula is C13H24CeO6. The Hall–Kier alpha value is 0.237. The van der Waals surface area contributed by atoms with E-state index in [0.717, 1.165) is 0 Å². The molecule has 1 rings (SSSR count). The van der Waals surface area contributed by atoms with E-state index in [-0.39, 0.29) is 64.0 Å². The zero-order valence-electron chi connectivity index (χ0n) is 13.2. The van der Waals surface area contributed by atoms with Crippen molar-refractivity contribution in [2.75, 3.05) is 0 Å². The molecular weight excluding hydrogens is 392 g/mol. The molecule has 1 saturated heterocycles. The number of hydrogen-bond donors (Lipinski definition) is 0. The molecule has 6 nitrogen and oxygen atoms in total. The first-order valence-corrected chi connectivity index (χ1v) is 4.76. The third kappa shape index (κ3) is 7.87.